The molecule has 0 radical (unpaired) electrons. The molecule has 1 saturated heterocycles. The highest BCUT2D eigenvalue weighted by Crippen LogP contribution is 2.13. The highest BCUT2D eigenvalue weighted by Gasteiger charge is 2.18. The minimum Gasteiger partial charge on any atom is -0.311 e. The third-order valence-electron chi connectivity index (χ3n) is 3.33. The van der Waals surface area contributed by atoms with Crippen LogP contribution in [0.1, 0.15) is 17.7 Å². The van der Waals surface area contributed by atoms with Gasteiger partial charge in [0.1, 0.15) is 0 Å². The summed E-state index contributed by atoms with van der Waals surface area (Å²) in [6, 6.07) is 4.11. The Morgan fingerprint density at radius 2 is 2.44 bits per heavy atom. The quantitative estimate of drug-likeness (QED) is 0.830. The molecule has 0 bridgehead atoms. The average Bonchev–Trinajstić information content (AvgIpc) is 2.67. The second kappa shape index (κ2) is 5.41. The van der Waals surface area contributed by atoms with Crippen LogP contribution in [0.15, 0.2) is 18.3 Å². The molecule has 3 nitrogen and oxygen atoms in total. The fourth-order valence-electron chi connectivity index (χ4n) is 2.29. The van der Waals surface area contributed by atoms with E-state index in [1.165, 1.54) is 30.8 Å². The van der Waals surface area contributed by atoms with E-state index in [0.29, 0.717) is 0 Å². The van der Waals surface area contributed by atoms with Crippen LogP contribution in [-0.4, -0.2) is 36.6 Å². The van der Waals surface area contributed by atoms with Crippen LogP contribution in [0.25, 0.3) is 0 Å². The van der Waals surface area contributed by atoms with Gasteiger partial charge < -0.3 is 10.2 Å². The first-order chi connectivity index (χ1) is 7.75. The summed E-state index contributed by atoms with van der Waals surface area (Å²) in [5.74, 6) is 0.814. The number of rotatable bonds is 4. The minimum atomic E-state index is 0.814. The van der Waals surface area contributed by atoms with Crippen LogP contribution in [0.5, 0.6) is 0 Å². The van der Waals surface area contributed by atoms with Crippen LogP contribution in [-0.2, 0) is 6.54 Å². The van der Waals surface area contributed by atoms with Gasteiger partial charge in [0.15, 0.2) is 0 Å². The highest BCUT2D eigenvalue weighted by molar-refractivity contribution is 5.17. The van der Waals surface area contributed by atoms with Gasteiger partial charge in [-0.2, -0.15) is 0 Å². The predicted octanol–water partition coefficient (Wildman–Crippen LogP) is 1.43. The molecule has 1 aromatic heterocycles. The number of nitrogens with zero attached hydrogens (tertiary/aromatic N) is 2. The molecule has 1 aromatic rings. The van der Waals surface area contributed by atoms with Crippen LogP contribution >= 0.6 is 0 Å². The summed E-state index contributed by atoms with van der Waals surface area (Å²) >= 11 is 0. The molecule has 2 rings (SSSR count). The van der Waals surface area contributed by atoms with Crippen LogP contribution in [0, 0.1) is 12.8 Å². The van der Waals surface area contributed by atoms with Crippen molar-refractivity contribution < 1.29 is 0 Å². The Kier molecular flexibility index (Phi) is 3.91. The van der Waals surface area contributed by atoms with E-state index < -0.39 is 0 Å². The Balaban J connectivity index is 1.74. The predicted molar refractivity (Wildman–Crippen MR) is 66.3 cm³/mol. The van der Waals surface area contributed by atoms with E-state index >= 15 is 0 Å². The normalized spacial score (nSPS) is 21.5. The summed E-state index contributed by atoms with van der Waals surface area (Å²) in [6.07, 6.45) is 3.19. The van der Waals surface area contributed by atoms with Crippen molar-refractivity contribution in [3.8, 4) is 0 Å². The molecule has 0 saturated carbocycles. The number of likely N-dealkylation sites (tertiary alicyclic amines) is 1. The van der Waals surface area contributed by atoms with Crippen LogP contribution in [0.4, 0.5) is 0 Å². The lowest BCUT2D eigenvalue weighted by Gasteiger charge is -2.12. The van der Waals surface area contributed by atoms with Gasteiger partial charge in [0.2, 0.25) is 0 Å². The van der Waals surface area contributed by atoms with Crippen LogP contribution in [0.3, 0.4) is 0 Å². The number of hydrogen-bond acceptors (Lipinski definition) is 3. The summed E-state index contributed by atoms with van der Waals surface area (Å²) in [4.78, 5) is 6.79. The van der Waals surface area contributed by atoms with Gasteiger partial charge >= 0.3 is 0 Å². The molecular formula is C13H21N3. The number of hydrogen-bond donors (Lipinski definition) is 1. The molecule has 1 aliphatic heterocycles. The fraction of sp³-hybridized carbons (Fsp3) is 0.615. The van der Waals surface area contributed by atoms with Crippen molar-refractivity contribution in [3.63, 3.8) is 0 Å². The van der Waals surface area contributed by atoms with Gasteiger partial charge in [-0.3, -0.25) is 4.98 Å². The summed E-state index contributed by atoms with van der Waals surface area (Å²) < 4.78 is 0. The minimum absolute atomic E-state index is 0.814. The zero-order valence-corrected chi connectivity index (χ0v) is 10.2. The van der Waals surface area contributed by atoms with Gasteiger partial charge in [-0.1, -0.05) is 6.07 Å². The number of aromatic nitrogens is 1. The first-order valence-electron chi connectivity index (χ1n) is 6.05. The van der Waals surface area contributed by atoms with Gasteiger partial charge in [-0.25, -0.2) is 0 Å². The Labute approximate surface area is 97.9 Å². The van der Waals surface area contributed by atoms with E-state index in [4.69, 9.17) is 0 Å². The SMILES string of the molecule is Cc1cccnc1CNCC1CCN(C)C1. The van der Waals surface area contributed by atoms with Gasteiger partial charge in [0, 0.05) is 19.3 Å². The molecule has 88 valence electrons. The molecule has 0 amide bonds. The van der Waals surface area contributed by atoms with E-state index in [-0.39, 0.29) is 0 Å². The molecule has 2 heterocycles. The van der Waals surface area contributed by atoms with Gasteiger partial charge in [-0.15, -0.1) is 0 Å². The van der Waals surface area contributed by atoms with Crippen molar-refractivity contribution in [3.05, 3.63) is 29.6 Å². The van der Waals surface area contributed by atoms with E-state index in [1.54, 1.807) is 0 Å². The van der Waals surface area contributed by atoms with Crippen molar-refractivity contribution in [2.24, 2.45) is 5.92 Å². The molecule has 1 N–H and O–H groups in total. The largest absolute Gasteiger partial charge is 0.311 e. The van der Waals surface area contributed by atoms with Crippen LogP contribution in [0.2, 0.25) is 0 Å². The van der Waals surface area contributed by atoms with E-state index in [1.807, 2.05) is 12.3 Å². The second-order valence-corrected chi connectivity index (χ2v) is 4.81. The zero-order chi connectivity index (χ0) is 11.4. The van der Waals surface area contributed by atoms with Crippen molar-refractivity contribution in [1.29, 1.82) is 0 Å². The Morgan fingerprint density at radius 1 is 1.56 bits per heavy atom. The molecule has 0 aromatic carbocycles. The summed E-state index contributed by atoms with van der Waals surface area (Å²) in [5.41, 5.74) is 2.45. The van der Waals surface area contributed by atoms with Crippen molar-refractivity contribution >= 4 is 0 Å². The number of aryl methyl sites for hydroxylation is 1. The Bertz CT molecular complexity index is 338. The maximum absolute atomic E-state index is 4.38. The molecule has 1 unspecified atom stereocenters. The van der Waals surface area contributed by atoms with Gasteiger partial charge in [0.25, 0.3) is 0 Å². The molecule has 1 aliphatic rings. The first-order valence-corrected chi connectivity index (χ1v) is 6.05. The lowest BCUT2D eigenvalue weighted by atomic mass is 10.1. The third kappa shape index (κ3) is 3.03. The third-order valence-corrected chi connectivity index (χ3v) is 3.33. The first kappa shape index (κ1) is 11.6. The van der Waals surface area contributed by atoms with Crippen molar-refractivity contribution in [2.45, 2.75) is 19.9 Å². The standard InChI is InChI=1S/C13H21N3/c1-11-4-3-6-15-13(11)9-14-8-12-5-7-16(2)10-12/h3-4,6,12,14H,5,7-10H2,1-2H3. The Morgan fingerprint density at radius 3 is 3.12 bits per heavy atom. The average molecular weight is 219 g/mol. The molecule has 1 atom stereocenters. The molecule has 3 heteroatoms. The smallest absolute Gasteiger partial charge is 0.0570 e. The van der Waals surface area contributed by atoms with Gasteiger partial charge in [0.05, 0.1) is 5.69 Å². The molecule has 1 fully saturated rings. The van der Waals surface area contributed by atoms with E-state index in [9.17, 15) is 0 Å². The Hall–Kier alpha value is -0.930. The molecular weight excluding hydrogens is 198 g/mol. The number of pyridine rings is 1. The summed E-state index contributed by atoms with van der Waals surface area (Å²) in [7, 11) is 2.20. The highest BCUT2D eigenvalue weighted by atomic mass is 15.1. The van der Waals surface area contributed by atoms with Crippen molar-refractivity contribution in [1.82, 2.24) is 15.2 Å². The summed E-state index contributed by atoms with van der Waals surface area (Å²) in [5, 5.41) is 3.52. The maximum atomic E-state index is 4.38. The van der Waals surface area contributed by atoms with E-state index in [2.05, 4.69) is 35.2 Å². The van der Waals surface area contributed by atoms with Crippen molar-refractivity contribution in [2.75, 3.05) is 26.7 Å². The fourth-order valence-corrected chi connectivity index (χ4v) is 2.29. The summed E-state index contributed by atoms with van der Waals surface area (Å²) in [6.45, 7) is 6.60. The maximum Gasteiger partial charge on any atom is 0.0570 e. The molecule has 16 heavy (non-hydrogen) atoms. The zero-order valence-electron chi connectivity index (χ0n) is 10.2. The molecule has 0 spiro atoms. The topological polar surface area (TPSA) is 28.2 Å². The second-order valence-electron chi connectivity index (χ2n) is 4.81. The number of nitrogens with one attached hydrogen (secondary N) is 1. The lowest BCUT2D eigenvalue weighted by Crippen LogP contribution is -2.25. The van der Waals surface area contributed by atoms with Crippen LogP contribution < -0.4 is 5.32 Å². The lowest BCUT2D eigenvalue weighted by molar-refractivity contribution is 0.388. The molecule has 0 aliphatic carbocycles. The van der Waals surface area contributed by atoms with E-state index in [0.717, 1.165) is 19.0 Å². The van der Waals surface area contributed by atoms with Gasteiger partial charge in [-0.05, 0) is 51.0 Å². The monoisotopic (exact) mass is 219 g/mol.